The first-order valence-electron chi connectivity index (χ1n) is 5.95. The van der Waals surface area contributed by atoms with Gasteiger partial charge in [0.15, 0.2) is 0 Å². The average Bonchev–Trinajstić information content (AvgIpc) is 2.48. The van der Waals surface area contributed by atoms with Gasteiger partial charge in [0.1, 0.15) is 17.9 Å². The van der Waals surface area contributed by atoms with E-state index >= 15 is 0 Å². The third-order valence-electron chi connectivity index (χ3n) is 2.66. The summed E-state index contributed by atoms with van der Waals surface area (Å²) in [6, 6.07) is 0. The second kappa shape index (κ2) is 6.89. The van der Waals surface area contributed by atoms with Gasteiger partial charge in [0.25, 0.3) is 0 Å². The first kappa shape index (κ1) is 19.5. The zero-order chi connectivity index (χ0) is 16.5. The molecule has 21 heavy (non-hydrogen) atoms. The Morgan fingerprint density at radius 3 is 2.14 bits per heavy atom. The van der Waals surface area contributed by atoms with Gasteiger partial charge in [-0.3, -0.25) is 13.7 Å². The summed E-state index contributed by atoms with van der Waals surface area (Å²) in [7, 11) is -13.9. The topological polar surface area (TPSA) is 171 Å². The van der Waals surface area contributed by atoms with E-state index in [1.165, 1.54) is 0 Å². The van der Waals surface area contributed by atoms with Crippen molar-refractivity contribution in [2.24, 2.45) is 0 Å². The standard InChI is InChI=1S/C8H19O10P3/c1-6-2-7(9)8(18-6)3-17-21(15,16)5-19(10,11)4-20(12,13)14/h6-9H,2-5H2,1H3,(H,10,11)(H,15,16)(H2,12,13,14)/t6-,7?,8+/m0/s1. The number of aliphatic hydroxyl groups excluding tert-OH is 1. The van der Waals surface area contributed by atoms with E-state index in [0.717, 1.165) is 0 Å². The van der Waals surface area contributed by atoms with Crippen molar-refractivity contribution in [2.75, 3.05) is 18.4 Å². The molecule has 1 fully saturated rings. The minimum absolute atomic E-state index is 0.245. The van der Waals surface area contributed by atoms with Crippen molar-refractivity contribution in [1.82, 2.24) is 0 Å². The highest BCUT2D eigenvalue weighted by Gasteiger charge is 2.39. The van der Waals surface area contributed by atoms with Crippen LogP contribution in [0, 0.1) is 0 Å². The van der Waals surface area contributed by atoms with Crippen LogP contribution in [0.15, 0.2) is 0 Å². The number of hydrogen-bond acceptors (Lipinski definition) is 6. The molecule has 0 aromatic carbocycles. The van der Waals surface area contributed by atoms with Gasteiger partial charge in [-0.05, 0) is 6.92 Å². The fourth-order valence-electron chi connectivity index (χ4n) is 1.93. The monoisotopic (exact) mass is 368 g/mol. The Morgan fingerprint density at radius 2 is 1.71 bits per heavy atom. The molecule has 1 heterocycles. The van der Waals surface area contributed by atoms with Gasteiger partial charge in [0, 0.05) is 6.42 Å². The van der Waals surface area contributed by atoms with Crippen molar-refractivity contribution in [3.63, 3.8) is 0 Å². The van der Waals surface area contributed by atoms with Crippen molar-refractivity contribution in [3.05, 3.63) is 0 Å². The van der Waals surface area contributed by atoms with Gasteiger partial charge in [-0.25, -0.2) is 0 Å². The summed E-state index contributed by atoms with van der Waals surface area (Å²) in [6.45, 7) is 1.24. The summed E-state index contributed by atoms with van der Waals surface area (Å²) in [4.78, 5) is 36.1. The molecular formula is C8H19O10P3. The van der Waals surface area contributed by atoms with Gasteiger partial charge >= 0.3 is 15.2 Å². The molecule has 1 aliphatic heterocycles. The molecule has 10 nitrogen and oxygen atoms in total. The zero-order valence-electron chi connectivity index (χ0n) is 11.2. The van der Waals surface area contributed by atoms with E-state index in [2.05, 4.69) is 4.52 Å². The SMILES string of the molecule is C[C@H]1CC(O)[C@@H](COP(=O)(O)CP(=O)(O)CP(=O)(O)O)O1. The van der Waals surface area contributed by atoms with Gasteiger partial charge in [0.2, 0.25) is 7.37 Å². The minimum Gasteiger partial charge on any atom is -0.390 e. The van der Waals surface area contributed by atoms with Gasteiger partial charge in [-0.1, -0.05) is 0 Å². The Morgan fingerprint density at radius 1 is 1.14 bits per heavy atom. The molecule has 0 bridgehead atoms. The Labute approximate surface area is 121 Å². The fourth-order valence-corrected chi connectivity index (χ4v) is 8.34. The second-order valence-electron chi connectivity index (χ2n) is 5.02. The molecule has 0 aromatic heterocycles. The molecule has 1 rings (SSSR count). The lowest BCUT2D eigenvalue weighted by molar-refractivity contribution is -0.0127. The summed E-state index contributed by atoms with van der Waals surface area (Å²) >= 11 is 0. The van der Waals surface area contributed by atoms with Crippen LogP contribution >= 0.6 is 22.6 Å². The number of ether oxygens (including phenoxy) is 1. The lowest BCUT2D eigenvalue weighted by Gasteiger charge is -2.19. The van der Waals surface area contributed by atoms with Gasteiger partial charge in [0.05, 0.1) is 18.8 Å². The Hall–Kier alpha value is 0.410. The third-order valence-corrected chi connectivity index (χ3v) is 9.65. The van der Waals surface area contributed by atoms with E-state index in [1.807, 2.05) is 0 Å². The molecule has 1 aliphatic rings. The molecule has 126 valence electrons. The highest BCUT2D eigenvalue weighted by molar-refractivity contribution is 7.79. The highest BCUT2D eigenvalue weighted by Crippen LogP contribution is 2.63. The predicted molar refractivity (Wildman–Crippen MR) is 72.3 cm³/mol. The van der Waals surface area contributed by atoms with Crippen molar-refractivity contribution in [3.8, 4) is 0 Å². The molecule has 3 unspecified atom stereocenters. The summed E-state index contributed by atoms with van der Waals surface area (Å²) < 4.78 is 43.7. The fraction of sp³-hybridized carbons (Fsp3) is 1.00. The maximum atomic E-state index is 11.7. The minimum atomic E-state index is -4.80. The molecule has 1 saturated heterocycles. The average molecular weight is 368 g/mol. The van der Waals surface area contributed by atoms with Crippen LogP contribution in [0.5, 0.6) is 0 Å². The van der Waals surface area contributed by atoms with Crippen LogP contribution in [-0.2, 0) is 23.0 Å². The predicted octanol–water partition coefficient (Wildman–Crippen LogP) is 0.0898. The normalized spacial score (nSPS) is 32.6. The van der Waals surface area contributed by atoms with Crippen LogP contribution in [0.25, 0.3) is 0 Å². The zero-order valence-corrected chi connectivity index (χ0v) is 13.9. The van der Waals surface area contributed by atoms with Crippen molar-refractivity contribution >= 4 is 22.6 Å². The van der Waals surface area contributed by atoms with Crippen LogP contribution in [0.4, 0.5) is 0 Å². The van der Waals surface area contributed by atoms with Crippen LogP contribution in [0.1, 0.15) is 13.3 Å². The smallest absolute Gasteiger partial charge is 0.337 e. The summed E-state index contributed by atoms with van der Waals surface area (Å²) in [5, 5.41) is 9.56. The molecule has 5 atom stereocenters. The summed E-state index contributed by atoms with van der Waals surface area (Å²) in [6.07, 6.45) is -1.62. The lowest BCUT2D eigenvalue weighted by atomic mass is 10.1. The molecule has 0 aliphatic carbocycles. The molecule has 13 heteroatoms. The van der Waals surface area contributed by atoms with Crippen molar-refractivity contribution in [1.29, 1.82) is 0 Å². The Bertz CT molecular complexity index is 501. The van der Waals surface area contributed by atoms with Crippen LogP contribution < -0.4 is 0 Å². The first-order chi connectivity index (χ1) is 9.30. The molecule has 0 radical (unpaired) electrons. The van der Waals surface area contributed by atoms with E-state index in [-0.39, 0.29) is 6.10 Å². The van der Waals surface area contributed by atoms with Gasteiger partial charge in [-0.2, -0.15) is 0 Å². The molecule has 5 N–H and O–H groups in total. The van der Waals surface area contributed by atoms with E-state index in [9.17, 15) is 28.6 Å². The highest BCUT2D eigenvalue weighted by atomic mass is 31.3. The van der Waals surface area contributed by atoms with Crippen LogP contribution in [-0.4, -0.2) is 61.4 Å². The molecule has 0 amide bonds. The lowest BCUT2D eigenvalue weighted by Crippen LogP contribution is -2.26. The van der Waals surface area contributed by atoms with E-state index in [0.29, 0.717) is 6.42 Å². The van der Waals surface area contributed by atoms with E-state index in [4.69, 9.17) is 14.5 Å². The third kappa shape index (κ3) is 7.48. The summed E-state index contributed by atoms with van der Waals surface area (Å²) in [5.41, 5.74) is 0. The van der Waals surface area contributed by atoms with Gasteiger partial charge < -0.3 is 33.9 Å². The van der Waals surface area contributed by atoms with Crippen molar-refractivity contribution < 1.29 is 47.6 Å². The van der Waals surface area contributed by atoms with Crippen molar-refractivity contribution in [2.45, 2.75) is 31.7 Å². The molecule has 0 saturated carbocycles. The second-order valence-corrected chi connectivity index (χ2v) is 11.8. The Kier molecular flexibility index (Phi) is 6.38. The van der Waals surface area contributed by atoms with Gasteiger partial charge in [-0.15, -0.1) is 0 Å². The molecule has 0 spiro atoms. The first-order valence-corrected chi connectivity index (χ1v) is 11.5. The maximum absolute atomic E-state index is 11.7. The number of hydrogen-bond donors (Lipinski definition) is 5. The van der Waals surface area contributed by atoms with E-state index in [1.54, 1.807) is 6.92 Å². The quantitative estimate of drug-likeness (QED) is 0.388. The summed E-state index contributed by atoms with van der Waals surface area (Å²) in [5.74, 6) is -2.67. The van der Waals surface area contributed by atoms with Crippen LogP contribution in [0.3, 0.4) is 0 Å². The Balaban J connectivity index is 2.56. The van der Waals surface area contributed by atoms with E-state index < -0.39 is 53.2 Å². The number of rotatable bonds is 7. The largest absolute Gasteiger partial charge is 0.390 e. The maximum Gasteiger partial charge on any atom is 0.337 e. The molecular weight excluding hydrogens is 349 g/mol. The molecule has 0 aromatic rings. The van der Waals surface area contributed by atoms with Crippen LogP contribution in [0.2, 0.25) is 0 Å². The number of aliphatic hydroxyl groups is 1.